The third-order valence-electron chi connectivity index (χ3n) is 27.0. The smallest absolute Gasteiger partial charge is 0.252 e. The summed E-state index contributed by atoms with van der Waals surface area (Å²) in [5, 5.41) is 10.3. The highest BCUT2D eigenvalue weighted by Crippen LogP contribution is 2.59. The Morgan fingerprint density at radius 1 is 0.276 bits per heavy atom. The summed E-state index contributed by atoms with van der Waals surface area (Å²) in [6.07, 6.45) is 6.24. The molecule has 116 heavy (non-hydrogen) atoms. The Balaban J connectivity index is 0.907. The van der Waals surface area contributed by atoms with E-state index in [0.29, 0.717) is 12.1 Å². The molecule has 4 fully saturated rings. The Morgan fingerprint density at radius 2 is 0.690 bits per heavy atom. The maximum Gasteiger partial charge on any atom is 0.252 e. The van der Waals surface area contributed by atoms with E-state index in [0.717, 1.165) is 68.0 Å². The summed E-state index contributed by atoms with van der Waals surface area (Å²) in [5.41, 5.74) is 34.5. The minimum atomic E-state index is -0.284. The van der Waals surface area contributed by atoms with Crippen molar-refractivity contribution in [2.24, 2.45) is 11.8 Å². The lowest BCUT2D eigenvalue weighted by molar-refractivity contribution is 0.0900. The van der Waals surface area contributed by atoms with E-state index in [1.165, 1.54) is 181 Å². The van der Waals surface area contributed by atoms with Crippen molar-refractivity contribution >= 4 is 117 Å². The predicted molar refractivity (Wildman–Crippen MR) is 494 cm³/mol. The van der Waals surface area contributed by atoms with Gasteiger partial charge in [0, 0.05) is 79.2 Å². The van der Waals surface area contributed by atoms with Crippen LogP contribution < -0.4 is 31.1 Å². The topological polar surface area (TPSA) is 14.7 Å². The Hall–Kier alpha value is -13.0. The van der Waals surface area contributed by atoms with Crippen molar-refractivity contribution < 1.29 is 0 Å². The molecule has 0 amide bonds. The Bertz CT molecular complexity index is 6770. The first-order chi connectivity index (χ1) is 56.8. The highest BCUT2D eigenvalue weighted by molar-refractivity contribution is 7.00. The van der Waals surface area contributed by atoms with Gasteiger partial charge >= 0.3 is 0 Å². The highest BCUT2D eigenvalue weighted by atomic mass is 15.2. The average Bonchev–Trinajstić information content (AvgIpc) is 0.726. The zero-order valence-corrected chi connectivity index (χ0v) is 66.6. The van der Waals surface area contributed by atoms with E-state index in [1.54, 1.807) is 0 Å². The number of hydrogen-bond donors (Lipinski definition) is 0. The van der Waals surface area contributed by atoms with Gasteiger partial charge in [-0.1, -0.05) is 308 Å². The maximum atomic E-state index is 2.98. The summed E-state index contributed by atoms with van der Waals surface area (Å²) in [4.78, 5) is 8.59. The normalized spacial score (nSPS) is 16.8. The van der Waals surface area contributed by atoms with Crippen molar-refractivity contribution in [1.29, 1.82) is 0 Å². The molecule has 4 nitrogen and oxygen atoms in total. The number of nitrogens with zero attached hydrogens (tertiary/aromatic N) is 4. The fraction of sp³-hybridized carbons (Fsp3) is 0.153. The molecule has 5 heteroatoms. The fourth-order valence-corrected chi connectivity index (χ4v) is 21.8. The molecule has 4 bridgehead atoms. The number of aromatic nitrogens is 1. The van der Waals surface area contributed by atoms with Crippen LogP contribution in [-0.4, -0.2) is 23.4 Å². The van der Waals surface area contributed by atoms with Crippen LogP contribution in [0.4, 0.5) is 39.8 Å². The largest absolute Gasteiger partial charge is 0.365 e. The molecule has 18 aromatic rings. The zero-order valence-electron chi connectivity index (χ0n) is 66.6. The molecule has 0 unspecified atom stereocenters. The number of fused-ring (bicyclic) bond motifs is 7. The molecule has 5 heterocycles. The lowest BCUT2D eigenvalue weighted by atomic mass is 9.33. The molecular weight excluding hydrogens is 1400 g/mol. The molecular formula is C111H89BN4. The summed E-state index contributed by atoms with van der Waals surface area (Å²) in [6.45, 7) is 13.9. The first-order valence-corrected chi connectivity index (χ1v) is 42.1. The van der Waals surface area contributed by atoms with E-state index in [-0.39, 0.29) is 17.5 Å². The van der Waals surface area contributed by atoms with Gasteiger partial charge in [-0.3, -0.25) is 0 Å². The van der Waals surface area contributed by atoms with E-state index >= 15 is 0 Å². The number of piperidine rings is 2. The molecule has 24 rings (SSSR count). The van der Waals surface area contributed by atoms with Crippen LogP contribution in [0.25, 0.3) is 138 Å². The molecule has 2 saturated heterocycles. The van der Waals surface area contributed by atoms with Gasteiger partial charge in [-0.25, -0.2) is 0 Å². The lowest BCUT2D eigenvalue weighted by Crippen LogP contribution is -2.62. The minimum absolute atomic E-state index is 0.0782. The van der Waals surface area contributed by atoms with Crippen molar-refractivity contribution in [2.45, 2.75) is 96.6 Å². The third kappa shape index (κ3) is 10.9. The van der Waals surface area contributed by atoms with Crippen LogP contribution in [0.1, 0.15) is 84.8 Å². The maximum absolute atomic E-state index is 2.98. The Labute approximate surface area is 680 Å². The van der Waals surface area contributed by atoms with E-state index in [9.17, 15) is 0 Å². The first-order valence-electron chi connectivity index (χ1n) is 42.1. The van der Waals surface area contributed by atoms with Gasteiger partial charge in [-0.05, 0) is 249 Å². The molecule has 17 aromatic carbocycles. The number of para-hydroxylation sites is 2. The van der Waals surface area contributed by atoms with Crippen molar-refractivity contribution in [2.75, 3.05) is 14.7 Å². The molecule has 0 atom stereocenters. The Kier molecular flexibility index (Phi) is 15.6. The van der Waals surface area contributed by atoms with E-state index in [1.807, 2.05) is 0 Å². The average molecular weight is 1490 g/mol. The summed E-state index contributed by atoms with van der Waals surface area (Å²) in [6, 6.07) is 135. The van der Waals surface area contributed by atoms with Crippen molar-refractivity contribution in [3.63, 3.8) is 0 Å². The summed E-state index contributed by atoms with van der Waals surface area (Å²) in [7, 11) is 0. The Morgan fingerprint density at radius 3 is 1.16 bits per heavy atom. The molecule has 556 valence electrons. The fourth-order valence-electron chi connectivity index (χ4n) is 21.8. The van der Waals surface area contributed by atoms with Crippen LogP contribution in [0, 0.1) is 11.8 Å². The van der Waals surface area contributed by atoms with Crippen molar-refractivity contribution in [3.05, 3.63) is 357 Å². The van der Waals surface area contributed by atoms with Gasteiger partial charge < -0.3 is 19.3 Å². The zero-order chi connectivity index (χ0) is 77.4. The number of hydrogen-bond acceptors (Lipinski definition) is 3. The third-order valence-corrected chi connectivity index (χ3v) is 27.0. The monoisotopic (exact) mass is 1490 g/mol. The second-order valence-electron chi connectivity index (χ2n) is 36.0. The van der Waals surface area contributed by atoms with Crippen molar-refractivity contribution in [1.82, 2.24) is 4.57 Å². The van der Waals surface area contributed by atoms with Crippen LogP contribution in [-0.2, 0) is 10.8 Å². The van der Waals surface area contributed by atoms with Gasteiger partial charge in [0.1, 0.15) is 0 Å². The molecule has 2 saturated carbocycles. The van der Waals surface area contributed by atoms with Crippen LogP contribution in [0.5, 0.6) is 0 Å². The SMILES string of the molecule is CC(C)(C)c1cc2ccc3cc(C(C)(C)C)cc4c(-c5ccc6c(c5)B5c7ccc(-n8c9ccccc9c9ccccc98)cc7N(c7c(-c8ccccc8)cc(-c8ccccc8)cc7-c7ccccc7)c7cc(N8C9CC%10CC(C9)CC8C%10)cc(c75)N6c5c(-c6ccccc6)cc(-c6ccccc6)cc5-c5ccccc5)cc(c1)c2c34. The van der Waals surface area contributed by atoms with Gasteiger partial charge in [0.15, 0.2) is 0 Å². The van der Waals surface area contributed by atoms with Crippen LogP contribution in [0.3, 0.4) is 0 Å². The van der Waals surface area contributed by atoms with Crippen LogP contribution in [0.2, 0.25) is 0 Å². The molecule has 1 aromatic heterocycles. The van der Waals surface area contributed by atoms with Gasteiger partial charge in [0.2, 0.25) is 0 Å². The van der Waals surface area contributed by atoms with E-state index in [4.69, 9.17) is 0 Å². The van der Waals surface area contributed by atoms with Crippen LogP contribution >= 0.6 is 0 Å². The van der Waals surface area contributed by atoms with Gasteiger partial charge in [0.25, 0.3) is 6.71 Å². The standard InChI is InChI=1S/C111H89BN4/c1-110(2,3)83-56-78-45-46-79-57-84(111(4,5)6)65-96-91(63-82(58-83)105(78)106(79)96)77-47-50-101-98(64-77)112-97-49-48-85(114-99-43-27-25-41-89(99)90-42-26-28-44-100(90)114)66-102(97)116(109-94(75-37-21-11-22-38-75)61-81(72-31-15-8-16-32-72)62-95(109)76-39-23-12-24-40-76)104-68-88(113-86-52-69-51-70(54-86)55-87(113)53-69)67-103(107(104)112)115(101)108-92(73-33-17-9-18-34-73)59-80(71-29-13-7-14-30-71)60-93(108)74-35-19-10-20-36-74/h7-50,56-70,86-87H,51-55H2,1-6H3. The van der Waals surface area contributed by atoms with Gasteiger partial charge in [-0.15, -0.1) is 0 Å². The van der Waals surface area contributed by atoms with Crippen molar-refractivity contribution in [3.8, 4) is 83.6 Å². The predicted octanol–water partition coefficient (Wildman–Crippen LogP) is 27.8. The highest BCUT2D eigenvalue weighted by Gasteiger charge is 2.50. The lowest BCUT2D eigenvalue weighted by Gasteiger charge is -2.58. The molecule has 0 spiro atoms. The number of benzene rings is 17. The van der Waals surface area contributed by atoms with Gasteiger partial charge in [-0.2, -0.15) is 0 Å². The van der Waals surface area contributed by atoms with E-state index < -0.39 is 0 Å². The minimum Gasteiger partial charge on any atom is -0.365 e. The number of rotatable bonds is 11. The molecule has 2 aliphatic carbocycles. The second-order valence-corrected chi connectivity index (χ2v) is 36.0. The summed E-state index contributed by atoms with van der Waals surface area (Å²) >= 11 is 0. The molecule has 6 aliphatic rings. The summed E-state index contributed by atoms with van der Waals surface area (Å²) < 4.78 is 2.55. The number of anilines is 7. The molecule has 0 radical (unpaired) electrons. The summed E-state index contributed by atoms with van der Waals surface area (Å²) in [5.74, 6) is 1.50. The molecule has 4 aliphatic heterocycles. The van der Waals surface area contributed by atoms with E-state index in [2.05, 4.69) is 407 Å². The first kappa shape index (κ1) is 68.6. The van der Waals surface area contributed by atoms with Crippen LogP contribution in [0.15, 0.2) is 346 Å². The quantitative estimate of drug-likeness (QED) is 0.0947. The van der Waals surface area contributed by atoms with Gasteiger partial charge in [0.05, 0.1) is 22.4 Å². The second kappa shape index (κ2) is 26.3. The molecule has 0 N–H and O–H groups in total.